The lowest BCUT2D eigenvalue weighted by Crippen LogP contribution is -2.49. The van der Waals surface area contributed by atoms with Crippen molar-refractivity contribution in [1.82, 2.24) is 0 Å². The summed E-state index contributed by atoms with van der Waals surface area (Å²) >= 11 is 0. The van der Waals surface area contributed by atoms with E-state index in [9.17, 15) is 62.3 Å². The van der Waals surface area contributed by atoms with Gasteiger partial charge in [-0.3, -0.25) is 9.59 Å². The maximum atomic E-state index is 14.5. The Morgan fingerprint density at radius 2 is 0.545 bits per heavy atom. The number of Topliss-reactive ketones (excluding diaryl/α,β-unsaturated/α-hetero) is 2. The minimum absolute atomic E-state index is 0.411. The van der Waals surface area contributed by atoms with Gasteiger partial charge in [-0.05, 0) is 22.3 Å². The molecule has 0 heterocycles. The third kappa shape index (κ3) is 3.47. The lowest BCUT2D eigenvalue weighted by atomic mass is 9.51. The maximum Gasteiger partial charge on any atom is 0.413 e. The highest BCUT2D eigenvalue weighted by Gasteiger charge is 2.67. The summed E-state index contributed by atoms with van der Waals surface area (Å²) in [6.45, 7) is 0. The second kappa shape index (κ2) is 8.33. The first-order chi connectivity index (χ1) is 20.3. The SMILES string of the molecule is O=C1C2=C(C(=O)C3=C1C1C(C(F)(F)F)=C(C(F)(F)F)C3c3ccccc31)C1C(C(F)(F)F)=C(C(F)(F)F)C2c2ccccc21. The van der Waals surface area contributed by atoms with Crippen LogP contribution in [0.1, 0.15) is 45.9 Å². The largest absolute Gasteiger partial charge is 0.413 e. The molecule has 0 saturated carbocycles. The van der Waals surface area contributed by atoms with Gasteiger partial charge in [0.2, 0.25) is 0 Å². The van der Waals surface area contributed by atoms with Crippen LogP contribution in [-0.4, -0.2) is 36.3 Å². The lowest BCUT2D eigenvalue weighted by Gasteiger charge is -2.50. The van der Waals surface area contributed by atoms with Crippen molar-refractivity contribution in [2.45, 2.75) is 48.4 Å². The molecule has 228 valence electrons. The number of hydrogen-bond acceptors (Lipinski definition) is 2. The molecule has 2 aromatic carbocycles. The molecule has 7 aliphatic carbocycles. The van der Waals surface area contributed by atoms with Crippen LogP contribution in [0.3, 0.4) is 0 Å². The van der Waals surface area contributed by atoms with E-state index >= 15 is 0 Å². The van der Waals surface area contributed by atoms with E-state index in [2.05, 4.69) is 0 Å². The number of carbonyl (C=O) groups is 2. The van der Waals surface area contributed by atoms with Crippen LogP contribution >= 0.6 is 0 Å². The van der Waals surface area contributed by atoms with Gasteiger partial charge in [-0.25, -0.2) is 0 Å². The van der Waals surface area contributed by atoms with Gasteiger partial charge in [0.25, 0.3) is 0 Å². The first-order valence-corrected chi connectivity index (χ1v) is 12.8. The lowest BCUT2D eigenvalue weighted by molar-refractivity contribution is -0.128. The van der Waals surface area contributed by atoms with E-state index < -0.39 is 127 Å². The van der Waals surface area contributed by atoms with Gasteiger partial charge in [0.05, 0.1) is 22.3 Å². The molecule has 14 heteroatoms. The molecule has 0 aliphatic heterocycles. The van der Waals surface area contributed by atoms with Crippen molar-refractivity contribution in [1.29, 1.82) is 0 Å². The second-order valence-electron chi connectivity index (χ2n) is 10.9. The van der Waals surface area contributed by atoms with Crippen LogP contribution in [-0.2, 0) is 9.59 Å². The van der Waals surface area contributed by atoms with Gasteiger partial charge < -0.3 is 0 Å². The Bertz CT molecular complexity index is 1600. The molecule has 44 heavy (non-hydrogen) atoms. The normalized spacial score (nSPS) is 26.4. The van der Waals surface area contributed by atoms with Crippen LogP contribution < -0.4 is 0 Å². The number of halogens is 12. The number of ketones is 2. The predicted octanol–water partition coefficient (Wildman–Crippen LogP) is 8.36. The Morgan fingerprint density at radius 3 is 0.705 bits per heavy atom. The van der Waals surface area contributed by atoms with Crippen molar-refractivity contribution >= 4 is 11.6 Å². The average molecular weight is 632 g/mol. The van der Waals surface area contributed by atoms with E-state index in [-0.39, 0.29) is 0 Å². The Labute approximate surface area is 238 Å². The van der Waals surface area contributed by atoms with Gasteiger partial charge in [0.15, 0.2) is 11.6 Å². The fourth-order valence-electron chi connectivity index (χ4n) is 7.71. The zero-order valence-electron chi connectivity index (χ0n) is 21.3. The molecule has 0 saturated heterocycles. The van der Waals surface area contributed by atoms with Crippen molar-refractivity contribution in [3.63, 3.8) is 0 Å². The van der Waals surface area contributed by atoms with Crippen LogP contribution in [0, 0.1) is 0 Å². The third-order valence-corrected chi connectivity index (χ3v) is 8.91. The summed E-state index contributed by atoms with van der Waals surface area (Å²) in [4.78, 5) is 28.4. The molecule has 7 aliphatic rings. The van der Waals surface area contributed by atoms with E-state index in [0.29, 0.717) is 0 Å². The number of carbonyl (C=O) groups excluding carboxylic acids is 2. The van der Waals surface area contributed by atoms with Crippen LogP contribution in [0.15, 0.2) is 93.1 Å². The molecule has 2 nitrogen and oxygen atoms in total. The van der Waals surface area contributed by atoms with Crippen molar-refractivity contribution in [2.24, 2.45) is 0 Å². The van der Waals surface area contributed by atoms with E-state index in [1.54, 1.807) is 0 Å². The highest BCUT2D eigenvalue weighted by Crippen LogP contribution is 2.69. The molecule has 2 aromatic rings. The summed E-state index contributed by atoms with van der Waals surface area (Å²) in [6, 6.07) is 8.79. The van der Waals surface area contributed by atoms with Gasteiger partial charge >= 0.3 is 24.7 Å². The van der Waals surface area contributed by atoms with Crippen LogP contribution in [0.4, 0.5) is 52.7 Å². The van der Waals surface area contributed by atoms with Crippen molar-refractivity contribution < 1.29 is 62.3 Å². The topological polar surface area (TPSA) is 34.1 Å². The van der Waals surface area contributed by atoms with Gasteiger partial charge in [0, 0.05) is 46.0 Å². The minimum Gasteiger partial charge on any atom is -0.289 e. The predicted molar refractivity (Wildman–Crippen MR) is 126 cm³/mol. The van der Waals surface area contributed by atoms with E-state index in [1.165, 1.54) is 24.3 Å². The first kappa shape index (κ1) is 28.7. The van der Waals surface area contributed by atoms with Gasteiger partial charge in [0.1, 0.15) is 0 Å². The summed E-state index contributed by atoms with van der Waals surface area (Å²) in [5.74, 6) is -13.4. The monoisotopic (exact) mass is 632 g/mol. The molecule has 0 amide bonds. The fraction of sp³-hybridized carbons (Fsp3) is 0.267. The maximum absolute atomic E-state index is 14.5. The smallest absolute Gasteiger partial charge is 0.289 e. The number of alkyl halides is 12. The quantitative estimate of drug-likeness (QED) is 0.166. The van der Waals surface area contributed by atoms with Gasteiger partial charge in [-0.2, -0.15) is 52.7 Å². The van der Waals surface area contributed by atoms with Crippen molar-refractivity contribution in [2.75, 3.05) is 0 Å². The first-order valence-electron chi connectivity index (χ1n) is 12.8. The van der Waals surface area contributed by atoms with Crippen LogP contribution in [0.25, 0.3) is 0 Å². The zero-order valence-corrected chi connectivity index (χ0v) is 21.3. The molecule has 0 spiro atoms. The zero-order chi connectivity index (χ0) is 32.0. The summed E-state index contributed by atoms with van der Waals surface area (Å²) in [5.41, 5.74) is -14.8. The number of benzene rings is 2. The van der Waals surface area contributed by atoms with E-state index in [1.807, 2.05) is 0 Å². The minimum atomic E-state index is -5.71. The van der Waals surface area contributed by atoms with E-state index in [0.717, 1.165) is 24.3 Å². The molecule has 0 radical (unpaired) electrons. The van der Waals surface area contributed by atoms with Crippen LogP contribution in [0.5, 0.6) is 0 Å². The molecule has 4 bridgehead atoms. The molecule has 0 fully saturated rings. The van der Waals surface area contributed by atoms with E-state index in [4.69, 9.17) is 0 Å². The standard InChI is InChI=1S/C30H12F12O2/c31-27(32,33)21-13-9-5-1-2-6-10(9)14(22(21)28(34,35)36)18-17(13)25(43)19-15-11-7-3-4-8-12(11)16(20(19)26(18)44)24(30(40,41)42)23(15)29(37,38)39/h1-8,13-16H. The molecular formula is C30H12F12O2. The van der Waals surface area contributed by atoms with Crippen LogP contribution in [0.2, 0.25) is 0 Å². The highest BCUT2D eigenvalue weighted by atomic mass is 19.4. The summed E-state index contributed by atoms with van der Waals surface area (Å²) in [7, 11) is 0. The third-order valence-electron chi connectivity index (χ3n) is 8.91. The Hall–Kier alpha value is -4.10. The molecule has 9 rings (SSSR count). The number of hydrogen-bond donors (Lipinski definition) is 0. The molecule has 4 unspecified atom stereocenters. The Balaban J connectivity index is 1.55. The number of rotatable bonds is 0. The second-order valence-corrected chi connectivity index (χ2v) is 10.9. The molecule has 4 atom stereocenters. The van der Waals surface area contributed by atoms with Gasteiger partial charge in [-0.1, -0.05) is 48.5 Å². The molecular weight excluding hydrogens is 620 g/mol. The highest BCUT2D eigenvalue weighted by molar-refractivity contribution is 6.29. The summed E-state index contributed by atoms with van der Waals surface area (Å²) in [6.07, 6.45) is -22.8. The molecule has 0 aromatic heterocycles. The Kier molecular flexibility index (Phi) is 5.43. The van der Waals surface area contributed by atoms with Gasteiger partial charge in [-0.15, -0.1) is 0 Å². The van der Waals surface area contributed by atoms with Crippen molar-refractivity contribution in [3.8, 4) is 0 Å². The fourth-order valence-corrected chi connectivity index (χ4v) is 7.71. The summed E-state index contributed by atoms with van der Waals surface area (Å²) < 4.78 is 174. The average Bonchev–Trinajstić information content (AvgIpc) is 2.92. The van der Waals surface area contributed by atoms with Crippen molar-refractivity contribution in [3.05, 3.63) is 115 Å². The summed E-state index contributed by atoms with van der Waals surface area (Å²) in [5, 5.41) is 0. The molecule has 0 N–H and O–H groups in total. The number of allylic oxidation sites excluding steroid dienone is 8. The Morgan fingerprint density at radius 1 is 0.364 bits per heavy atom.